The van der Waals surface area contributed by atoms with Crippen LogP contribution in [0.25, 0.3) is 0 Å². The van der Waals surface area contributed by atoms with Crippen molar-refractivity contribution in [3.05, 3.63) is 24.3 Å². The summed E-state index contributed by atoms with van der Waals surface area (Å²) < 4.78 is 0.935. The summed E-state index contributed by atoms with van der Waals surface area (Å²) in [6, 6.07) is 0. The van der Waals surface area contributed by atoms with Crippen molar-refractivity contribution in [2.75, 3.05) is 0 Å². The van der Waals surface area contributed by atoms with Crippen molar-refractivity contribution in [3.8, 4) is 0 Å². The molecule has 0 bridgehead atoms. The second-order valence-electron chi connectivity index (χ2n) is 4.36. The van der Waals surface area contributed by atoms with Gasteiger partial charge in [0.1, 0.15) is 0 Å². The average Bonchev–Trinajstić information content (AvgIpc) is 2.10. The van der Waals surface area contributed by atoms with Gasteiger partial charge in [0.25, 0.3) is 0 Å². The fourth-order valence-corrected chi connectivity index (χ4v) is 5.08. The molecule has 1 heteroatoms. The molecule has 0 saturated carbocycles. The zero-order valence-electron chi connectivity index (χ0n) is 7.80. The molecule has 1 atom stereocenters. The third-order valence-corrected chi connectivity index (χ3v) is 8.02. The first kappa shape index (κ1) is 9.11. The Bertz CT molecular complexity index is 172. The van der Waals surface area contributed by atoms with Gasteiger partial charge in [-0.2, -0.15) is 0 Å². The Morgan fingerprint density at radius 3 is 2.55 bits per heavy atom. The zero-order chi connectivity index (χ0) is 8.32. The van der Waals surface area contributed by atoms with Crippen LogP contribution in [0.5, 0.6) is 0 Å². The van der Waals surface area contributed by atoms with E-state index in [1.54, 1.807) is 0 Å². The fraction of sp³-hybridized carbons (Fsp3) is 0.600. The third-order valence-electron chi connectivity index (χ3n) is 2.35. The number of hydrogen-bond donors (Lipinski definition) is 0. The molecule has 62 valence electrons. The molecule has 0 aliphatic heterocycles. The summed E-state index contributed by atoms with van der Waals surface area (Å²) in [6.45, 7) is 0. The molecule has 0 fully saturated rings. The molecule has 0 nitrogen and oxygen atoms in total. The Hall–Kier alpha value is 0.0229. The van der Waals surface area contributed by atoms with Crippen LogP contribution in [0.4, 0.5) is 0 Å². The van der Waals surface area contributed by atoms with Crippen molar-refractivity contribution in [2.45, 2.75) is 34.9 Å². The topological polar surface area (TPSA) is 0 Å². The van der Waals surface area contributed by atoms with Crippen LogP contribution in [-0.2, 0) is 0 Å². The molecule has 0 aromatic heterocycles. The average molecular weight is 211 g/mol. The van der Waals surface area contributed by atoms with E-state index in [4.69, 9.17) is 0 Å². The van der Waals surface area contributed by atoms with Gasteiger partial charge in [-0.05, 0) is 0 Å². The third kappa shape index (κ3) is 2.86. The second kappa shape index (κ2) is 3.62. The molecule has 1 rings (SSSR count). The normalized spacial score (nSPS) is 25.2. The molecule has 0 radical (unpaired) electrons. The van der Waals surface area contributed by atoms with E-state index in [2.05, 4.69) is 41.6 Å². The van der Waals surface area contributed by atoms with Gasteiger partial charge in [-0.1, -0.05) is 0 Å². The Kier molecular flexibility index (Phi) is 3.00. The van der Waals surface area contributed by atoms with E-state index in [9.17, 15) is 0 Å². The van der Waals surface area contributed by atoms with E-state index < -0.39 is 13.3 Å². The zero-order valence-corrected chi connectivity index (χ0v) is 9.90. The second-order valence-corrected chi connectivity index (χ2v) is 15.8. The Balaban J connectivity index is 2.61. The number of hydrogen-bond acceptors (Lipinski definition) is 0. The van der Waals surface area contributed by atoms with Crippen LogP contribution in [-0.4, -0.2) is 13.3 Å². The summed E-state index contributed by atoms with van der Waals surface area (Å²) in [6.07, 6.45) is 11.8. The first-order valence-electron chi connectivity index (χ1n) is 4.44. The molecule has 0 heterocycles. The van der Waals surface area contributed by atoms with E-state index in [0.717, 1.165) is 4.75 Å². The molecule has 0 amide bonds. The molecule has 1 aliphatic rings. The Morgan fingerprint density at radius 1 is 1.18 bits per heavy atom. The maximum atomic E-state index is 2.50. The van der Waals surface area contributed by atoms with Crippen molar-refractivity contribution < 1.29 is 0 Å². The van der Waals surface area contributed by atoms with Crippen LogP contribution in [0.1, 0.15) is 12.8 Å². The molecular weight excluding hydrogens is 193 g/mol. The molecule has 0 N–H and O–H groups in total. The summed E-state index contributed by atoms with van der Waals surface area (Å²) in [5.74, 6) is 7.50. The fourth-order valence-electron chi connectivity index (χ4n) is 1.47. The molecule has 0 aromatic rings. The van der Waals surface area contributed by atoms with E-state index in [1.165, 1.54) is 12.8 Å². The van der Waals surface area contributed by atoms with Crippen LogP contribution in [0.3, 0.4) is 0 Å². The summed E-state index contributed by atoms with van der Waals surface area (Å²) >= 11 is -1.39. The summed E-state index contributed by atoms with van der Waals surface area (Å²) in [5.41, 5.74) is 0. The molecule has 0 spiro atoms. The van der Waals surface area contributed by atoms with Gasteiger partial charge in [-0.3, -0.25) is 0 Å². The van der Waals surface area contributed by atoms with Gasteiger partial charge in [0.05, 0.1) is 0 Å². The van der Waals surface area contributed by atoms with Gasteiger partial charge >= 0.3 is 72.4 Å². The molecule has 11 heavy (non-hydrogen) atoms. The van der Waals surface area contributed by atoms with Crippen molar-refractivity contribution in [1.82, 2.24) is 0 Å². The van der Waals surface area contributed by atoms with Gasteiger partial charge in [0.15, 0.2) is 0 Å². The maximum absolute atomic E-state index is 2.50. The molecule has 1 unspecified atom stereocenters. The first-order chi connectivity index (χ1) is 5.11. The Morgan fingerprint density at radius 2 is 1.91 bits per heavy atom. The predicted molar refractivity (Wildman–Crippen MR) is 54.6 cm³/mol. The minimum atomic E-state index is -1.39. The van der Waals surface area contributed by atoms with E-state index in [0.29, 0.717) is 0 Å². The van der Waals surface area contributed by atoms with Crippen LogP contribution in [0.2, 0.25) is 22.0 Å². The predicted octanol–water partition coefficient (Wildman–Crippen LogP) is 3.60. The SMILES string of the molecule is [CH3][Ge]([CH3])([CH3])[CH]1C=CC=CCC1. The number of allylic oxidation sites excluding steroid dienone is 4. The molecule has 0 aromatic carbocycles. The summed E-state index contributed by atoms with van der Waals surface area (Å²) in [7, 11) is 0. The van der Waals surface area contributed by atoms with Crippen molar-refractivity contribution >= 4 is 13.3 Å². The van der Waals surface area contributed by atoms with Crippen LogP contribution in [0, 0.1) is 0 Å². The first-order valence-corrected chi connectivity index (χ1v) is 11.9. The minimum absolute atomic E-state index is 0.935. The Labute approximate surface area is 72.7 Å². The molecular formula is C10H18Ge. The monoisotopic (exact) mass is 212 g/mol. The summed E-state index contributed by atoms with van der Waals surface area (Å²) in [4.78, 5) is 0. The van der Waals surface area contributed by atoms with Gasteiger partial charge in [0.2, 0.25) is 0 Å². The molecule has 0 saturated heterocycles. The number of rotatable bonds is 1. The van der Waals surface area contributed by atoms with Crippen molar-refractivity contribution in [2.24, 2.45) is 0 Å². The van der Waals surface area contributed by atoms with E-state index in [1.807, 2.05) is 0 Å². The molecule has 1 aliphatic carbocycles. The van der Waals surface area contributed by atoms with Gasteiger partial charge in [-0.15, -0.1) is 0 Å². The van der Waals surface area contributed by atoms with E-state index >= 15 is 0 Å². The van der Waals surface area contributed by atoms with Gasteiger partial charge < -0.3 is 0 Å². The van der Waals surface area contributed by atoms with Crippen LogP contribution < -0.4 is 0 Å². The van der Waals surface area contributed by atoms with Crippen LogP contribution >= 0.6 is 0 Å². The quantitative estimate of drug-likeness (QED) is 0.581. The van der Waals surface area contributed by atoms with E-state index in [-0.39, 0.29) is 0 Å². The van der Waals surface area contributed by atoms with Gasteiger partial charge in [-0.25, -0.2) is 0 Å². The standard InChI is InChI=1S/C10H18Ge/c1-11(2,3)10-8-6-4-5-7-9-10/h4-6,8,10H,7,9H2,1-3H3. The van der Waals surface area contributed by atoms with Gasteiger partial charge in [0, 0.05) is 0 Å². The summed E-state index contributed by atoms with van der Waals surface area (Å²) in [5, 5.41) is 0. The van der Waals surface area contributed by atoms with Crippen molar-refractivity contribution in [1.29, 1.82) is 0 Å². The van der Waals surface area contributed by atoms with Crippen LogP contribution in [0.15, 0.2) is 24.3 Å². The van der Waals surface area contributed by atoms with Crippen molar-refractivity contribution in [3.63, 3.8) is 0 Å².